The minimum atomic E-state index is -1.27. The molecule has 1 N–H and O–H groups in total. The maximum Gasteiger partial charge on any atom is 0.246 e. The van der Waals surface area contributed by atoms with E-state index in [-0.39, 0.29) is 17.6 Å². The molecule has 0 bridgehead atoms. The Balaban J connectivity index is 1.82. The highest BCUT2D eigenvalue weighted by molar-refractivity contribution is 6.32. The number of fused-ring (bicyclic) bond motifs is 1. The zero-order valence-electron chi connectivity index (χ0n) is 19.7. The van der Waals surface area contributed by atoms with Gasteiger partial charge in [-0.2, -0.15) is 0 Å². The summed E-state index contributed by atoms with van der Waals surface area (Å²) in [6.45, 7) is 7.83. The van der Waals surface area contributed by atoms with Crippen molar-refractivity contribution in [3.05, 3.63) is 131 Å². The molecule has 2 amide bonds. The third kappa shape index (κ3) is 3.44. The standard InChI is InChI=1S/C31H26ClNO3/c1-3-10-21-11-8-16-25(28(21)34)27-20(4-2)17-18-26-29(35)33(24-15-9-14-23(32)19-24)30(36)31(26,27)22-12-6-5-7-13-22/h3-9,11-17,19,26-27,34H,1-2,10,18H2/t26-,27+,31+/m0/s1. The van der Waals surface area contributed by atoms with Crippen molar-refractivity contribution in [2.75, 3.05) is 4.90 Å². The molecule has 180 valence electrons. The van der Waals surface area contributed by atoms with Crippen molar-refractivity contribution >= 4 is 29.1 Å². The quantitative estimate of drug-likeness (QED) is 0.313. The fraction of sp³-hybridized carbons (Fsp3) is 0.161. The molecule has 3 aromatic carbocycles. The molecular formula is C31H26ClNO3. The van der Waals surface area contributed by atoms with Gasteiger partial charge in [0.15, 0.2) is 0 Å². The number of rotatable bonds is 6. The van der Waals surface area contributed by atoms with Gasteiger partial charge in [-0.1, -0.05) is 91.0 Å². The van der Waals surface area contributed by atoms with Crippen molar-refractivity contribution < 1.29 is 14.7 Å². The molecule has 0 aromatic heterocycles. The summed E-state index contributed by atoms with van der Waals surface area (Å²) in [6, 6.07) is 21.7. The molecular weight excluding hydrogens is 470 g/mol. The molecule has 1 fully saturated rings. The molecule has 5 heteroatoms. The summed E-state index contributed by atoms with van der Waals surface area (Å²) in [7, 11) is 0. The average molecular weight is 496 g/mol. The molecule has 1 aliphatic heterocycles. The number of hydrogen-bond donors (Lipinski definition) is 1. The van der Waals surface area contributed by atoms with Crippen molar-refractivity contribution in [1.82, 2.24) is 0 Å². The number of phenolic OH excluding ortho intramolecular Hbond substituents is 1. The lowest BCUT2D eigenvalue weighted by Gasteiger charge is -2.43. The Kier molecular flexibility index (Phi) is 6.15. The van der Waals surface area contributed by atoms with Gasteiger partial charge in [0.1, 0.15) is 5.75 Å². The smallest absolute Gasteiger partial charge is 0.246 e. The average Bonchev–Trinajstić information content (AvgIpc) is 3.12. The molecule has 4 nitrogen and oxygen atoms in total. The van der Waals surface area contributed by atoms with E-state index < -0.39 is 17.3 Å². The maximum absolute atomic E-state index is 14.7. The van der Waals surface area contributed by atoms with Crippen LogP contribution in [-0.2, 0) is 21.4 Å². The Morgan fingerprint density at radius 2 is 1.78 bits per heavy atom. The number of anilines is 1. The van der Waals surface area contributed by atoms with Crippen LogP contribution in [0.25, 0.3) is 0 Å². The molecule has 0 radical (unpaired) electrons. The summed E-state index contributed by atoms with van der Waals surface area (Å²) in [5, 5.41) is 11.8. The van der Waals surface area contributed by atoms with Gasteiger partial charge in [-0.15, -0.1) is 6.58 Å². The van der Waals surface area contributed by atoms with Crippen LogP contribution >= 0.6 is 11.6 Å². The highest BCUT2D eigenvalue weighted by atomic mass is 35.5. The summed E-state index contributed by atoms with van der Waals surface area (Å²) in [5.41, 5.74) is 1.98. The molecule has 36 heavy (non-hydrogen) atoms. The van der Waals surface area contributed by atoms with E-state index in [1.807, 2.05) is 54.6 Å². The second-order valence-electron chi connectivity index (χ2n) is 9.17. The number of imide groups is 1. The maximum atomic E-state index is 14.7. The van der Waals surface area contributed by atoms with Crippen molar-refractivity contribution in [3.8, 4) is 5.75 Å². The Morgan fingerprint density at radius 3 is 2.47 bits per heavy atom. The SMILES string of the molecule is C=CCc1cccc([C@H]2C(C=C)=CC[C@H]3C(=O)N(c4cccc(Cl)c4)C(=O)[C@@]23c2ccccc2)c1O. The number of para-hydroxylation sites is 1. The normalized spacial score (nSPS) is 23.2. The Labute approximate surface area is 215 Å². The van der Waals surface area contributed by atoms with Gasteiger partial charge in [-0.25, -0.2) is 4.90 Å². The second kappa shape index (κ2) is 9.29. The monoisotopic (exact) mass is 495 g/mol. The van der Waals surface area contributed by atoms with E-state index in [0.717, 1.165) is 11.1 Å². The lowest BCUT2D eigenvalue weighted by atomic mass is 9.56. The fourth-order valence-corrected chi connectivity index (χ4v) is 6.07. The van der Waals surface area contributed by atoms with Crippen LogP contribution in [0.5, 0.6) is 5.75 Å². The number of benzene rings is 3. The summed E-state index contributed by atoms with van der Waals surface area (Å²) in [5.74, 6) is -1.80. The molecule has 3 aromatic rings. The summed E-state index contributed by atoms with van der Waals surface area (Å²) in [4.78, 5) is 29.9. The first-order chi connectivity index (χ1) is 17.4. The number of allylic oxidation sites excluding steroid dienone is 4. The second-order valence-corrected chi connectivity index (χ2v) is 9.61. The minimum absolute atomic E-state index is 0.104. The van der Waals surface area contributed by atoms with Gasteiger partial charge in [-0.05, 0) is 47.7 Å². The molecule has 3 atom stereocenters. The zero-order chi connectivity index (χ0) is 25.4. The van der Waals surface area contributed by atoms with Gasteiger partial charge in [0, 0.05) is 16.5 Å². The van der Waals surface area contributed by atoms with E-state index in [1.54, 1.807) is 36.4 Å². The van der Waals surface area contributed by atoms with Crippen molar-refractivity contribution in [2.45, 2.75) is 24.2 Å². The first-order valence-corrected chi connectivity index (χ1v) is 12.3. The van der Waals surface area contributed by atoms with Crippen LogP contribution in [0.3, 0.4) is 0 Å². The van der Waals surface area contributed by atoms with Crippen molar-refractivity contribution in [1.29, 1.82) is 0 Å². The van der Waals surface area contributed by atoms with Gasteiger partial charge in [-0.3, -0.25) is 9.59 Å². The highest BCUT2D eigenvalue weighted by Gasteiger charge is 2.66. The third-order valence-electron chi connectivity index (χ3n) is 7.38. The molecule has 1 aliphatic carbocycles. The molecule has 0 spiro atoms. The summed E-state index contributed by atoms with van der Waals surface area (Å²) < 4.78 is 0. The summed E-state index contributed by atoms with van der Waals surface area (Å²) >= 11 is 6.25. The topological polar surface area (TPSA) is 57.6 Å². The predicted molar refractivity (Wildman–Crippen MR) is 143 cm³/mol. The number of phenols is 1. The number of carbonyl (C=O) groups is 2. The Hall–Kier alpha value is -3.89. The van der Waals surface area contributed by atoms with Crippen LogP contribution in [0.15, 0.2) is 110 Å². The number of amides is 2. The van der Waals surface area contributed by atoms with E-state index >= 15 is 0 Å². The third-order valence-corrected chi connectivity index (χ3v) is 7.62. The van der Waals surface area contributed by atoms with E-state index in [2.05, 4.69) is 13.2 Å². The largest absolute Gasteiger partial charge is 0.507 e. The number of nitrogens with zero attached hydrogens (tertiary/aromatic N) is 1. The van der Waals surface area contributed by atoms with E-state index in [9.17, 15) is 14.7 Å². The zero-order valence-corrected chi connectivity index (χ0v) is 20.5. The summed E-state index contributed by atoms with van der Waals surface area (Å²) in [6.07, 6.45) is 6.27. The number of halogens is 1. The van der Waals surface area contributed by atoms with Crippen molar-refractivity contribution in [2.24, 2.45) is 5.92 Å². The number of hydrogen-bond acceptors (Lipinski definition) is 3. The number of carbonyl (C=O) groups excluding carboxylic acids is 2. The Bertz CT molecular complexity index is 1410. The minimum Gasteiger partial charge on any atom is -0.507 e. The lowest BCUT2D eigenvalue weighted by Crippen LogP contribution is -2.48. The van der Waals surface area contributed by atoms with Crippen LogP contribution in [0.2, 0.25) is 5.02 Å². The van der Waals surface area contributed by atoms with Crippen LogP contribution in [-0.4, -0.2) is 16.9 Å². The van der Waals surface area contributed by atoms with E-state index in [4.69, 9.17) is 11.6 Å². The van der Waals surface area contributed by atoms with Crippen molar-refractivity contribution in [3.63, 3.8) is 0 Å². The lowest BCUT2D eigenvalue weighted by molar-refractivity contribution is -0.123. The van der Waals surface area contributed by atoms with E-state index in [1.165, 1.54) is 4.90 Å². The fourth-order valence-electron chi connectivity index (χ4n) is 5.89. The molecule has 1 saturated heterocycles. The first-order valence-electron chi connectivity index (χ1n) is 11.9. The molecule has 2 aliphatic rings. The van der Waals surface area contributed by atoms with Gasteiger partial charge < -0.3 is 5.11 Å². The van der Waals surface area contributed by atoms with Crippen LogP contribution in [0, 0.1) is 5.92 Å². The predicted octanol–water partition coefficient (Wildman–Crippen LogP) is 6.50. The molecule has 1 heterocycles. The van der Waals surface area contributed by atoms with Crippen LogP contribution < -0.4 is 4.90 Å². The van der Waals surface area contributed by atoms with Crippen LogP contribution in [0.4, 0.5) is 5.69 Å². The molecule has 0 unspecified atom stereocenters. The Morgan fingerprint density at radius 1 is 1.03 bits per heavy atom. The number of aromatic hydroxyl groups is 1. The van der Waals surface area contributed by atoms with Gasteiger partial charge >= 0.3 is 0 Å². The van der Waals surface area contributed by atoms with Gasteiger partial charge in [0.25, 0.3) is 0 Å². The van der Waals surface area contributed by atoms with Gasteiger partial charge in [0.05, 0.1) is 17.0 Å². The molecule has 0 saturated carbocycles. The molecule has 5 rings (SSSR count). The van der Waals surface area contributed by atoms with Crippen LogP contribution in [0.1, 0.15) is 29.0 Å². The van der Waals surface area contributed by atoms with E-state index in [0.29, 0.717) is 34.7 Å². The highest BCUT2D eigenvalue weighted by Crippen LogP contribution is 2.59. The van der Waals surface area contributed by atoms with Gasteiger partial charge in [0.2, 0.25) is 11.8 Å². The first kappa shape index (κ1) is 23.8.